The normalized spacial score (nSPS) is 16.3. The van der Waals surface area contributed by atoms with Crippen molar-refractivity contribution >= 4 is 27.7 Å². The van der Waals surface area contributed by atoms with Gasteiger partial charge in [0, 0.05) is 37.1 Å². The van der Waals surface area contributed by atoms with Gasteiger partial charge in [-0.25, -0.2) is 0 Å². The van der Waals surface area contributed by atoms with E-state index in [2.05, 4.69) is 15.9 Å². The Balaban J connectivity index is 1.83. The van der Waals surface area contributed by atoms with Gasteiger partial charge in [0.1, 0.15) is 0 Å². The number of hydrogen-bond donors (Lipinski definition) is 1. The summed E-state index contributed by atoms with van der Waals surface area (Å²) in [6.07, 6.45) is 2.13. The van der Waals surface area contributed by atoms with Crippen molar-refractivity contribution < 1.29 is 9.59 Å². The molecule has 1 aliphatic heterocycles. The van der Waals surface area contributed by atoms with Crippen LogP contribution in [0.2, 0.25) is 0 Å². The van der Waals surface area contributed by atoms with Gasteiger partial charge >= 0.3 is 0 Å². The standard InChI is InChI=1S/C16H22BrN3O2/c17-14-5-2-1-4-13(14)6-7-16(22)20-9-3-8-19(10-11-20)12-15(18)21/h1-2,4-5H,3,6-12H2,(H2,18,21). The summed E-state index contributed by atoms with van der Waals surface area (Å²) in [5, 5.41) is 0. The largest absolute Gasteiger partial charge is 0.369 e. The molecule has 6 heteroatoms. The van der Waals surface area contributed by atoms with E-state index in [0.717, 1.165) is 36.0 Å². The Labute approximate surface area is 139 Å². The zero-order valence-corrected chi connectivity index (χ0v) is 14.2. The molecule has 2 rings (SSSR count). The Morgan fingerprint density at radius 3 is 2.64 bits per heavy atom. The SMILES string of the molecule is NC(=O)CN1CCCN(C(=O)CCc2ccccc2Br)CC1. The highest BCUT2D eigenvalue weighted by Gasteiger charge is 2.19. The third-order valence-corrected chi connectivity index (χ3v) is 4.66. The van der Waals surface area contributed by atoms with Crippen LogP contribution in [0.15, 0.2) is 28.7 Å². The minimum atomic E-state index is -0.311. The van der Waals surface area contributed by atoms with Crippen molar-refractivity contribution in [3.63, 3.8) is 0 Å². The average molecular weight is 368 g/mol. The second-order valence-electron chi connectivity index (χ2n) is 5.57. The fourth-order valence-corrected chi connectivity index (χ4v) is 3.18. The predicted octanol–water partition coefficient (Wildman–Crippen LogP) is 1.40. The lowest BCUT2D eigenvalue weighted by molar-refractivity contribution is -0.131. The first-order valence-corrected chi connectivity index (χ1v) is 8.37. The Hall–Kier alpha value is -1.40. The summed E-state index contributed by atoms with van der Waals surface area (Å²) >= 11 is 3.51. The molecular formula is C16H22BrN3O2. The summed E-state index contributed by atoms with van der Waals surface area (Å²) in [5.74, 6) is -0.134. The number of halogens is 1. The smallest absolute Gasteiger partial charge is 0.231 e. The third kappa shape index (κ3) is 5.10. The van der Waals surface area contributed by atoms with E-state index < -0.39 is 0 Å². The fourth-order valence-electron chi connectivity index (χ4n) is 2.70. The number of nitrogens with two attached hydrogens (primary N) is 1. The fraction of sp³-hybridized carbons (Fsp3) is 0.500. The lowest BCUT2D eigenvalue weighted by Crippen LogP contribution is -2.38. The lowest BCUT2D eigenvalue weighted by atomic mass is 10.1. The van der Waals surface area contributed by atoms with Crippen LogP contribution in [0.4, 0.5) is 0 Å². The van der Waals surface area contributed by atoms with Gasteiger partial charge in [0.15, 0.2) is 0 Å². The molecule has 1 saturated heterocycles. The molecule has 0 unspecified atom stereocenters. The van der Waals surface area contributed by atoms with Crippen LogP contribution in [0.3, 0.4) is 0 Å². The van der Waals surface area contributed by atoms with Crippen LogP contribution in [-0.2, 0) is 16.0 Å². The van der Waals surface area contributed by atoms with Crippen molar-refractivity contribution in [2.45, 2.75) is 19.3 Å². The van der Waals surface area contributed by atoms with Crippen LogP contribution in [0.5, 0.6) is 0 Å². The molecule has 1 heterocycles. The summed E-state index contributed by atoms with van der Waals surface area (Å²) in [5.41, 5.74) is 6.38. The zero-order chi connectivity index (χ0) is 15.9. The Morgan fingerprint density at radius 1 is 1.14 bits per heavy atom. The van der Waals surface area contributed by atoms with Crippen LogP contribution < -0.4 is 5.73 Å². The van der Waals surface area contributed by atoms with Gasteiger partial charge in [-0.1, -0.05) is 34.1 Å². The molecular weight excluding hydrogens is 346 g/mol. The van der Waals surface area contributed by atoms with Crippen molar-refractivity contribution in [1.29, 1.82) is 0 Å². The van der Waals surface area contributed by atoms with E-state index in [1.165, 1.54) is 0 Å². The van der Waals surface area contributed by atoms with Crippen molar-refractivity contribution in [1.82, 2.24) is 9.80 Å². The summed E-state index contributed by atoms with van der Waals surface area (Å²) in [6.45, 7) is 3.23. The molecule has 2 N–H and O–H groups in total. The van der Waals surface area contributed by atoms with Gasteiger partial charge in [-0.3, -0.25) is 14.5 Å². The number of carbonyl (C=O) groups excluding carboxylic acids is 2. The van der Waals surface area contributed by atoms with Crippen LogP contribution in [0, 0.1) is 0 Å². The number of aryl methyl sites for hydroxylation is 1. The van der Waals surface area contributed by atoms with E-state index in [4.69, 9.17) is 5.73 Å². The van der Waals surface area contributed by atoms with Crippen molar-refractivity contribution in [2.75, 3.05) is 32.7 Å². The third-order valence-electron chi connectivity index (χ3n) is 3.89. The van der Waals surface area contributed by atoms with E-state index in [-0.39, 0.29) is 18.4 Å². The van der Waals surface area contributed by atoms with Gasteiger partial charge < -0.3 is 10.6 Å². The van der Waals surface area contributed by atoms with E-state index >= 15 is 0 Å². The molecule has 1 aliphatic rings. The molecule has 0 spiro atoms. The summed E-state index contributed by atoms with van der Waals surface area (Å²) in [7, 11) is 0. The van der Waals surface area contributed by atoms with Gasteiger partial charge in [0.2, 0.25) is 11.8 Å². The average Bonchev–Trinajstić information content (AvgIpc) is 2.71. The van der Waals surface area contributed by atoms with Crippen molar-refractivity contribution in [3.05, 3.63) is 34.3 Å². The van der Waals surface area contributed by atoms with Crippen LogP contribution >= 0.6 is 15.9 Å². The highest BCUT2D eigenvalue weighted by atomic mass is 79.9. The summed E-state index contributed by atoms with van der Waals surface area (Å²) < 4.78 is 1.05. The van der Waals surface area contributed by atoms with Crippen molar-refractivity contribution in [3.8, 4) is 0 Å². The maximum Gasteiger partial charge on any atom is 0.231 e. The second kappa shape index (κ2) is 8.29. The van der Waals surface area contributed by atoms with E-state index in [1.54, 1.807) is 0 Å². The first-order valence-electron chi connectivity index (χ1n) is 7.58. The quantitative estimate of drug-likeness (QED) is 0.855. The molecule has 5 nitrogen and oxygen atoms in total. The molecule has 0 atom stereocenters. The minimum absolute atomic E-state index is 0.177. The molecule has 0 saturated carbocycles. The Morgan fingerprint density at radius 2 is 1.91 bits per heavy atom. The number of nitrogens with zero attached hydrogens (tertiary/aromatic N) is 2. The lowest BCUT2D eigenvalue weighted by Gasteiger charge is -2.21. The number of rotatable bonds is 5. The molecule has 1 fully saturated rings. The highest BCUT2D eigenvalue weighted by molar-refractivity contribution is 9.10. The van der Waals surface area contributed by atoms with Gasteiger partial charge in [0.05, 0.1) is 6.54 Å². The number of amides is 2. The van der Waals surface area contributed by atoms with Gasteiger partial charge in [0.25, 0.3) is 0 Å². The van der Waals surface area contributed by atoms with Gasteiger partial charge in [-0.05, 0) is 24.5 Å². The van der Waals surface area contributed by atoms with Crippen molar-refractivity contribution in [2.24, 2.45) is 5.73 Å². The molecule has 0 aliphatic carbocycles. The second-order valence-corrected chi connectivity index (χ2v) is 6.42. The number of hydrogen-bond acceptors (Lipinski definition) is 3. The van der Waals surface area contributed by atoms with E-state index in [9.17, 15) is 9.59 Å². The Bertz CT molecular complexity index is 536. The van der Waals surface area contributed by atoms with E-state index in [0.29, 0.717) is 19.5 Å². The first-order chi connectivity index (χ1) is 10.6. The molecule has 0 radical (unpaired) electrons. The van der Waals surface area contributed by atoms with Gasteiger partial charge in [-0.2, -0.15) is 0 Å². The molecule has 0 aromatic heterocycles. The molecule has 0 bridgehead atoms. The summed E-state index contributed by atoms with van der Waals surface area (Å²) in [6, 6.07) is 7.98. The van der Waals surface area contributed by atoms with Crippen LogP contribution in [0.25, 0.3) is 0 Å². The maximum absolute atomic E-state index is 12.4. The topological polar surface area (TPSA) is 66.6 Å². The van der Waals surface area contributed by atoms with E-state index in [1.807, 2.05) is 34.1 Å². The van der Waals surface area contributed by atoms with Crippen LogP contribution in [-0.4, -0.2) is 54.3 Å². The highest BCUT2D eigenvalue weighted by Crippen LogP contribution is 2.18. The first kappa shape index (κ1) is 17.0. The molecule has 22 heavy (non-hydrogen) atoms. The summed E-state index contributed by atoms with van der Waals surface area (Å²) in [4.78, 5) is 27.3. The molecule has 120 valence electrons. The zero-order valence-electron chi connectivity index (χ0n) is 12.6. The maximum atomic E-state index is 12.4. The van der Waals surface area contributed by atoms with Gasteiger partial charge in [-0.15, -0.1) is 0 Å². The molecule has 1 aromatic rings. The molecule has 1 aromatic carbocycles. The monoisotopic (exact) mass is 367 g/mol. The number of benzene rings is 1. The Kier molecular flexibility index (Phi) is 6.39. The number of carbonyl (C=O) groups is 2. The minimum Gasteiger partial charge on any atom is -0.369 e. The van der Waals surface area contributed by atoms with Crippen LogP contribution in [0.1, 0.15) is 18.4 Å². The number of primary amides is 1. The molecule has 2 amide bonds. The predicted molar refractivity (Wildman–Crippen MR) is 89.3 cm³/mol.